The fourth-order valence-electron chi connectivity index (χ4n) is 2.66. The van der Waals surface area contributed by atoms with Crippen LogP contribution in [0.4, 0.5) is 5.69 Å². The van der Waals surface area contributed by atoms with Crippen LogP contribution in [0.2, 0.25) is 0 Å². The zero-order chi connectivity index (χ0) is 15.7. The summed E-state index contributed by atoms with van der Waals surface area (Å²) in [6.45, 7) is 6.36. The molecular weight excluding hydrogens is 276 g/mol. The Morgan fingerprint density at radius 2 is 1.68 bits per heavy atom. The molecule has 0 fully saturated rings. The molecule has 0 radical (unpaired) electrons. The molecule has 1 aromatic carbocycles. The molecule has 0 bridgehead atoms. The number of methoxy groups -OCH3 is 1. The molecule has 0 spiro atoms. The van der Waals surface area contributed by atoms with Crippen molar-refractivity contribution >= 4 is 11.3 Å². The maximum absolute atomic E-state index is 5.82. The molecule has 0 saturated carbocycles. The number of benzene rings is 1. The fraction of sp³-hybridized carbons (Fsp3) is 0.278. The van der Waals surface area contributed by atoms with Gasteiger partial charge in [-0.2, -0.15) is 0 Å². The molecule has 4 nitrogen and oxygen atoms in total. The van der Waals surface area contributed by atoms with Crippen molar-refractivity contribution in [2.24, 2.45) is 0 Å². The SMILES string of the molecule is COc1ccc(Oc2ccc3c(n2)C(C)=CC(C)(C)N3)cc1. The van der Waals surface area contributed by atoms with E-state index in [-0.39, 0.29) is 5.54 Å². The zero-order valence-electron chi connectivity index (χ0n) is 13.3. The molecule has 0 unspecified atom stereocenters. The number of nitrogens with zero attached hydrogens (tertiary/aromatic N) is 1. The van der Waals surface area contributed by atoms with Gasteiger partial charge >= 0.3 is 0 Å². The second-order valence-electron chi connectivity index (χ2n) is 6.00. The van der Waals surface area contributed by atoms with Crippen molar-refractivity contribution in [2.75, 3.05) is 12.4 Å². The van der Waals surface area contributed by atoms with Crippen LogP contribution in [0.5, 0.6) is 17.4 Å². The molecule has 2 heterocycles. The first-order valence-electron chi connectivity index (χ1n) is 7.28. The number of nitrogens with one attached hydrogen (secondary N) is 1. The second-order valence-corrected chi connectivity index (χ2v) is 6.00. The van der Waals surface area contributed by atoms with Crippen LogP contribution in [0.15, 0.2) is 42.5 Å². The Morgan fingerprint density at radius 1 is 1.00 bits per heavy atom. The number of rotatable bonds is 3. The lowest BCUT2D eigenvalue weighted by Crippen LogP contribution is -2.31. The molecule has 1 aliphatic rings. The monoisotopic (exact) mass is 296 g/mol. The third-order valence-electron chi connectivity index (χ3n) is 3.56. The molecule has 4 heteroatoms. The Labute approximate surface area is 130 Å². The maximum Gasteiger partial charge on any atom is 0.219 e. The van der Waals surface area contributed by atoms with Crippen molar-refractivity contribution in [3.05, 3.63) is 48.2 Å². The van der Waals surface area contributed by atoms with Gasteiger partial charge < -0.3 is 14.8 Å². The lowest BCUT2D eigenvalue weighted by Gasteiger charge is -2.30. The molecule has 114 valence electrons. The Balaban J connectivity index is 1.86. The average Bonchev–Trinajstić information content (AvgIpc) is 2.48. The van der Waals surface area contributed by atoms with Crippen molar-refractivity contribution in [3.8, 4) is 17.4 Å². The molecule has 0 atom stereocenters. The minimum absolute atomic E-state index is 0.0584. The van der Waals surface area contributed by atoms with Gasteiger partial charge in [-0.25, -0.2) is 4.98 Å². The minimum atomic E-state index is -0.0584. The molecule has 0 saturated heterocycles. The molecule has 3 rings (SSSR count). The van der Waals surface area contributed by atoms with E-state index in [0.29, 0.717) is 5.88 Å². The van der Waals surface area contributed by atoms with Gasteiger partial charge in [0, 0.05) is 6.07 Å². The van der Waals surface area contributed by atoms with Crippen LogP contribution in [0.25, 0.3) is 5.57 Å². The molecule has 2 aromatic rings. The highest BCUT2D eigenvalue weighted by molar-refractivity contribution is 5.77. The van der Waals surface area contributed by atoms with Gasteiger partial charge in [0.25, 0.3) is 0 Å². The lowest BCUT2D eigenvalue weighted by atomic mass is 9.94. The Morgan fingerprint density at radius 3 is 2.36 bits per heavy atom. The number of allylic oxidation sites excluding steroid dienone is 1. The summed E-state index contributed by atoms with van der Waals surface area (Å²) in [6, 6.07) is 11.4. The third kappa shape index (κ3) is 2.91. The number of hydrogen-bond acceptors (Lipinski definition) is 4. The first-order chi connectivity index (χ1) is 10.5. The Kier molecular flexibility index (Phi) is 3.53. The summed E-state index contributed by atoms with van der Waals surface area (Å²) in [7, 11) is 1.64. The Hall–Kier alpha value is -2.49. The van der Waals surface area contributed by atoms with Crippen LogP contribution in [0.1, 0.15) is 26.5 Å². The Bertz CT molecular complexity index is 718. The van der Waals surface area contributed by atoms with E-state index in [1.165, 1.54) is 0 Å². The molecule has 1 N–H and O–H groups in total. The summed E-state index contributed by atoms with van der Waals surface area (Å²) in [4.78, 5) is 4.61. The topological polar surface area (TPSA) is 43.4 Å². The van der Waals surface area contributed by atoms with Crippen LogP contribution < -0.4 is 14.8 Å². The summed E-state index contributed by atoms with van der Waals surface area (Å²) in [5.74, 6) is 2.12. The van der Waals surface area contributed by atoms with Crippen LogP contribution in [-0.4, -0.2) is 17.6 Å². The van der Waals surface area contributed by atoms with Crippen molar-refractivity contribution in [2.45, 2.75) is 26.3 Å². The van der Waals surface area contributed by atoms with E-state index in [4.69, 9.17) is 9.47 Å². The van der Waals surface area contributed by atoms with Gasteiger partial charge in [-0.1, -0.05) is 6.08 Å². The van der Waals surface area contributed by atoms with Crippen molar-refractivity contribution in [3.63, 3.8) is 0 Å². The average molecular weight is 296 g/mol. The second kappa shape index (κ2) is 5.37. The van der Waals surface area contributed by atoms with Crippen molar-refractivity contribution in [1.29, 1.82) is 0 Å². The number of fused-ring (bicyclic) bond motifs is 1. The standard InChI is InChI=1S/C18H20N2O2/c1-12-11-18(2,3)20-15-9-10-16(19-17(12)15)22-14-7-5-13(21-4)6-8-14/h5-11,20H,1-4H3. The fourth-order valence-corrected chi connectivity index (χ4v) is 2.66. The van der Waals surface area contributed by atoms with Crippen molar-refractivity contribution < 1.29 is 9.47 Å². The van der Waals surface area contributed by atoms with Gasteiger partial charge in [-0.3, -0.25) is 0 Å². The van der Waals surface area contributed by atoms with Gasteiger partial charge in [-0.15, -0.1) is 0 Å². The first kappa shape index (κ1) is 14.4. The maximum atomic E-state index is 5.82. The first-order valence-corrected chi connectivity index (χ1v) is 7.28. The molecule has 22 heavy (non-hydrogen) atoms. The minimum Gasteiger partial charge on any atom is -0.497 e. The summed E-state index contributed by atoms with van der Waals surface area (Å²) in [5, 5.41) is 3.46. The van der Waals surface area contributed by atoms with E-state index in [2.05, 4.69) is 37.1 Å². The highest BCUT2D eigenvalue weighted by Gasteiger charge is 2.23. The summed E-state index contributed by atoms with van der Waals surface area (Å²) in [5.41, 5.74) is 3.06. The molecular formula is C18H20N2O2. The van der Waals surface area contributed by atoms with E-state index in [0.717, 1.165) is 28.5 Å². The summed E-state index contributed by atoms with van der Waals surface area (Å²) >= 11 is 0. The highest BCUT2D eigenvalue weighted by atomic mass is 16.5. The normalized spacial score (nSPS) is 15.4. The zero-order valence-corrected chi connectivity index (χ0v) is 13.3. The van der Waals surface area contributed by atoms with Gasteiger partial charge in [0.05, 0.1) is 24.0 Å². The van der Waals surface area contributed by atoms with Gasteiger partial charge in [0.2, 0.25) is 5.88 Å². The van der Waals surface area contributed by atoms with Crippen molar-refractivity contribution in [1.82, 2.24) is 4.98 Å². The van der Waals surface area contributed by atoms with Crippen LogP contribution in [0.3, 0.4) is 0 Å². The predicted octanol–water partition coefficient (Wildman–Crippen LogP) is 4.49. The van der Waals surface area contributed by atoms with E-state index in [9.17, 15) is 0 Å². The predicted molar refractivity (Wildman–Crippen MR) is 88.7 cm³/mol. The number of pyridine rings is 1. The van der Waals surface area contributed by atoms with Gasteiger partial charge in [-0.05, 0) is 56.7 Å². The van der Waals surface area contributed by atoms with Crippen LogP contribution in [-0.2, 0) is 0 Å². The molecule has 0 aliphatic carbocycles. The van der Waals surface area contributed by atoms with E-state index in [1.807, 2.05) is 36.4 Å². The molecule has 0 amide bonds. The quantitative estimate of drug-likeness (QED) is 0.906. The summed E-state index contributed by atoms with van der Waals surface area (Å²) in [6.07, 6.45) is 2.18. The third-order valence-corrected chi connectivity index (χ3v) is 3.56. The molecule has 1 aromatic heterocycles. The van der Waals surface area contributed by atoms with Gasteiger partial charge in [0.1, 0.15) is 11.5 Å². The van der Waals surface area contributed by atoms with E-state index in [1.54, 1.807) is 7.11 Å². The molecule has 1 aliphatic heterocycles. The number of anilines is 1. The number of ether oxygens (including phenoxy) is 2. The number of hydrogen-bond donors (Lipinski definition) is 1. The van der Waals surface area contributed by atoms with Crippen LogP contribution >= 0.6 is 0 Å². The smallest absolute Gasteiger partial charge is 0.219 e. The largest absolute Gasteiger partial charge is 0.497 e. The van der Waals surface area contributed by atoms with Gasteiger partial charge in [0.15, 0.2) is 0 Å². The lowest BCUT2D eigenvalue weighted by molar-refractivity contribution is 0.412. The highest BCUT2D eigenvalue weighted by Crippen LogP contribution is 2.34. The summed E-state index contributed by atoms with van der Waals surface area (Å²) < 4.78 is 11.0. The van der Waals surface area contributed by atoms with Crippen LogP contribution in [0, 0.1) is 0 Å². The number of aromatic nitrogens is 1. The van der Waals surface area contributed by atoms with E-state index >= 15 is 0 Å². The van der Waals surface area contributed by atoms with E-state index < -0.39 is 0 Å².